The highest BCUT2D eigenvalue weighted by Gasteiger charge is 2.29. The summed E-state index contributed by atoms with van der Waals surface area (Å²) >= 11 is 0. The van der Waals surface area contributed by atoms with Crippen LogP contribution in [-0.2, 0) is 18.6 Å². The molecule has 0 aromatic heterocycles. The molecule has 0 aromatic carbocycles. The first kappa shape index (κ1) is 13.4. The molecule has 0 aromatic rings. The second kappa shape index (κ2) is 5.29. The molecular weight excluding hydrogens is 207 g/mol. The van der Waals surface area contributed by atoms with Crippen LogP contribution in [-0.4, -0.2) is 16.6 Å². The molecule has 2 unspecified atom stereocenters. The summed E-state index contributed by atoms with van der Waals surface area (Å²) in [7, 11) is -3.13. The molecule has 2 atom stereocenters. The Morgan fingerprint density at radius 3 is 2.43 bits per heavy atom. The minimum Gasteiger partial charge on any atom is -0.430 e. The van der Waals surface area contributed by atoms with Crippen LogP contribution < -0.4 is 0 Å². The van der Waals surface area contributed by atoms with Gasteiger partial charge in [-0.15, -0.1) is 0 Å². The Labute approximate surface area is 83.7 Å². The zero-order valence-corrected chi connectivity index (χ0v) is 9.49. The van der Waals surface area contributed by atoms with Gasteiger partial charge in [-0.3, -0.25) is 9.09 Å². The van der Waals surface area contributed by atoms with Crippen molar-refractivity contribution in [1.29, 1.82) is 0 Å². The van der Waals surface area contributed by atoms with Crippen LogP contribution in [0.3, 0.4) is 0 Å². The predicted octanol–water partition coefficient (Wildman–Crippen LogP) is 1.63. The Hall–Kier alpha value is -0.640. The lowest BCUT2D eigenvalue weighted by Crippen LogP contribution is -2.32. The van der Waals surface area contributed by atoms with E-state index in [0.29, 0.717) is 0 Å². The van der Waals surface area contributed by atoms with Crippen LogP contribution in [0.15, 0.2) is 12.2 Å². The van der Waals surface area contributed by atoms with E-state index in [2.05, 4.69) is 11.1 Å². The van der Waals surface area contributed by atoms with E-state index >= 15 is 0 Å². The first-order valence-electron chi connectivity index (χ1n) is 4.11. The maximum atomic E-state index is 11.1. The van der Waals surface area contributed by atoms with E-state index in [9.17, 15) is 9.36 Å². The van der Waals surface area contributed by atoms with E-state index in [1.165, 1.54) is 13.8 Å². The number of esters is 1. The predicted molar refractivity (Wildman–Crippen MR) is 51.9 cm³/mol. The second-order valence-electron chi connectivity index (χ2n) is 3.03. The molecule has 5 nitrogen and oxygen atoms in total. The molecule has 0 saturated heterocycles. The minimum atomic E-state index is -3.13. The summed E-state index contributed by atoms with van der Waals surface area (Å²) in [6.07, 6.45) is 0.281. The highest BCUT2D eigenvalue weighted by atomic mass is 31.1. The highest BCUT2D eigenvalue weighted by Crippen LogP contribution is 2.30. The summed E-state index contributed by atoms with van der Waals surface area (Å²) in [5, 5.41) is 0. The number of hydrogen-bond donors (Lipinski definition) is 1. The van der Waals surface area contributed by atoms with Crippen LogP contribution in [0.5, 0.6) is 0 Å². The third-order valence-electron chi connectivity index (χ3n) is 1.60. The molecule has 0 fully saturated rings. The lowest BCUT2D eigenvalue weighted by atomic mass is 10.2. The van der Waals surface area contributed by atoms with Crippen molar-refractivity contribution >= 4 is 14.2 Å². The number of rotatable bonds is 5. The van der Waals surface area contributed by atoms with Crippen molar-refractivity contribution in [2.45, 2.75) is 33.0 Å². The van der Waals surface area contributed by atoms with E-state index in [4.69, 9.17) is 9.63 Å². The van der Waals surface area contributed by atoms with Gasteiger partial charge in [-0.2, -0.15) is 0 Å². The Kier molecular flexibility index (Phi) is 5.05. The first-order valence-corrected chi connectivity index (χ1v) is 5.38. The molecule has 0 spiro atoms. The number of carbonyl (C=O) groups is 1. The summed E-state index contributed by atoms with van der Waals surface area (Å²) in [4.78, 5) is 19.7. The quantitative estimate of drug-likeness (QED) is 0.331. The van der Waals surface area contributed by atoms with E-state index in [1.807, 2.05) is 0 Å². The van der Waals surface area contributed by atoms with Crippen LogP contribution in [0, 0.1) is 0 Å². The van der Waals surface area contributed by atoms with Gasteiger partial charge in [-0.1, -0.05) is 13.5 Å². The molecule has 0 aliphatic rings. The smallest absolute Gasteiger partial charge is 0.335 e. The zero-order chi connectivity index (χ0) is 11.4. The third kappa shape index (κ3) is 4.56. The second-order valence-corrected chi connectivity index (χ2v) is 3.76. The molecule has 0 heterocycles. The molecule has 0 radical (unpaired) electrons. The molecule has 0 aliphatic heterocycles. The Morgan fingerprint density at radius 2 is 2.14 bits per heavy atom. The summed E-state index contributed by atoms with van der Waals surface area (Å²) in [6.45, 7) is 7.98. The van der Waals surface area contributed by atoms with Gasteiger partial charge in [0.1, 0.15) is 0 Å². The summed E-state index contributed by atoms with van der Waals surface area (Å²) < 4.78 is 20.0. The van der Waals surface area contributed by atoms with Gasteiger partial charge in [0.15, 0.2) is 0 Å². The summed E-state index contributed by atoms with van der Waals surface area (Å²) in [6, 6.07) is 0. The average molecular weight is 222 g/mol. The SMILES string of the molecule is C=C(C)C(=O)OC(C)(CC)O[PH](=O)O. The Balaban J connectivity index is 4.47. The van der Waals surface area contributed by atoms with Gasteiger partial charge in [-0.25, -0.2) is 4.79 Å². The van der Waals surface area contributed by atoms with Crippen LogP contribution in [0.2, 0.25) is 0 Å². The molecule has 6 heteroatoms. The fourth-order valence-corrected chi connectivity index (χ4v) is 1.19. The fraction of sp³-hybridized carbons (Fsp3) is 0.625. The molecular formula is C8H15O5P. The standard InChI is InChI=1S/C8H15O5P/c1-5-8(4,13-14(10)11)12-7(9)6(2)3/h14H,2,5H2,1,3-4H3,(H,10,11). The van der Waals surface area contributed by atoms with E-state index in [0.717, 1.165) is 0 Å². The number of carbonyl (C=O) groups excluding carboxylic acids is 1. The normalized spacial score (nSPS) is 16.9. The van der Waals surface area contributed by atoms with E-state index in [1.54, 1.807) is 6.92 Å². The van der Waals surface area contributed by atoms with Crippen LogP contribution >= 0.6 is 8.25 Å². The Morgan fingerprint density at radius 1 is 1.64 bits per heavy atom. The molecule has 0 saturated carbocycles. The molecule has 1 N–H and O–H groups in total. The Bertz CT molecular complexity index is 262. The minimum absolute atomic E-state index is 0.214. The van der Waals surface area contributed by atoms with Crippen molar-refractivity contribution in [3.05, 3.63) is 12.2 Å². The van der Waals surface area contributed by atoms with Gasteiger partial charge in [0.2, 0.25) is 5.79 Å². The monoisotopic (exact) mass is 222 g/mol. The first-order chi connectivity index (χ1) is 6.30. The van der Waals surface area contributed by atoms with Gasteiger partial charge >= 0.3 is 14.2 Å². The molecule has 0 bridgehead atoms. The summed E-state index contributed by atoms with van der Waals surface area (Å²) in [5.74, 6) is -2.00. The van der Waals surface area contributed by atoms with Crippen LogP contribution in [0.4, 0.5) is 0 Å². The lowest BCUT2D eigenvalue weighted by Gasteiger charge is -2.26. The van der Waals surface area contributed by atoms with Crippen molar-refractivity contribution in [3.63, 3.8) is 0 Å². The van der Waals surface area contributed by atoms with Crippen LogP contribution in [0.25, 0.3) is 0 Å². The topological polar surface area (TPSA) is 72.8 Å². The van der Waals surface area contributed by atoms with Gasteiger partial charge in [0.25, 0.3) is 0 Å². The van der Waals surface area contributed by atoms with Crippen molar-refractivity contribution in [3.8, 4) is 0 Å². The fourth-order valence-electron chi connectivity index (χ4n) is 0.633. The molecule has 0 aliphatic carbocycles. The molecule has 82 valence electrons. The molecule has 0 rings (SSSR count). The highest BCUT2D eigenvalue weighted by molar-refractivity contribution is 7.32. The molecule has 0 amide bonds. The van der Waals surface area contributed by atoms with E-state index < -0.39 is 20.0 Å². The van der Waals surface area contributed by atoms with Gasteiger partial charge in [0, 0.05) is 18.9 Å². The van der Waals surface area contributed by atoms with Gasteiger partial charge in [-0.05, 0) is 6.92 Å². The van der Waals surface area contributed by atoms with Crippen molar-refractivity contribution in [2.24, 2.45) is 0 Å². The van der Waals surface area contributed by atoms with Crippen molar-refractivity contribution in [1.82, 2.24) is 0 Å². The van der Waals surface area contributed by atoms with Crippen molar-refractivity contribution < 1.29 is 23.5 Å². The van der Waals surface area contributed by atoms with Gasteiger partial charge in [0.05, 0.1) is 0 Å². The van der Waals surface area contributed by atoms with Crippen LogP contribution in [0.1, 0.15) is 27.2 Å². The zero-order valence-electron chi connectivity index (χ0n) is 8.49. The number of ether oxygens (including phenoxy) is 1. The molecule has 14 heavy (non-hydrogen) atoms. The third-order valence-corrected chi connectivity index (χ3v) is 2.21. The summed E-state index contributed by atoms with van der Waals surface area (Å²) in [5.41, 5.74) is 0.214. The van der Waals surface area contributed by atoms with Gasteiger partial charge < -0.3 is 9.63 Å². The van der Waals surface area contributed by atoms with Crippen molar-refractivity contribution in [2.75, 3.05) is 0 Å². The number of hydrogen-bond acceptors (Lipinski definition) is 4. The largest absolute Gasteiger partial charge is 0.430 e. The van der Waals surface area contributed by atoms with E-state index in [-0.39, 0.29) is 12.0 Å². The maximum Gasteiger partial charge on any atom is 0.335 e. The lowest BCUT2D eigenvalue weighted by molar-refractivity contribution is -0.188. The maximum absolute atomic E-state index is 11.1. The average Bonchev–Trinajstić information content (AvgIpc) is 2.02.